The Morgan fingerprint density at radius 3 is 1.67 bits per heavy atom. The molecule has 0 atom stereocenters. The fraction of sp³-hybridized carbons (Fsp3) is 0.480. The van der Waals surface area contributed by atoms with E-state index in [1.54, 1.807) is 75.5 Å². The first-order valence-electron chi connectivity index (χ1n) is 10.8. The maximum atomic E-state index is 13.1. The first-order valence-corrected chi connectivity index (χ1v) is 12.8. The van der Waals surface area contributed by atoms with E-state index in [1.807, 2.05) is 26.0 Å². The normalized spacial score (nSPS) is 12.7. The van der Waals surface area contributed by atoms with Crippen molar-refractivity contribution < 1.29 is 27.4 Å². The Morgan fingerprint density at radius 2 is 1.27 bits per heavy atom. The lowest BCUT2D eigenvalue weighted by Crippen LogP contribution is -2.40. The molecule has 182 valence electrons. The van der Waals surface area contributed by atoms with Gasteiger partial charge in [-0.05, 0) is 74.6 Å². The van der Waals surface area contributed by atoms with E-state index >= 15 is 0 Å². The summed E-state index contributed by atoms with van der Waals surface area (Å²) in [7, 11) is 0. The van der Waals surface area contributed by atoms with Gasteiger partial charge in [-0.3, -0.25) is 0 Å². The molecule has 33 heavy (non-hydrogen) atoms. The van der Waals surface area contributed by atoms with Crippen molar-refractivity contribution >= 4 is 29.5 Å². The van der Waals surface area contributed by atoms with Crippen LogP contribution in [0.15, 0.2) is 48.5 Å². The molecule has 0 radical (unpaired) electrons. The van der Waals surface area contributed by atoms with Crippen molar-refractivity contribution in [3.05, 3.63) is 65.2 Å². The van der Waals surface area contributed by atoms with Crippen LogP contribution in [0.5, 0.6) is 5.75 Å². The standard InChI is InChI=1S/C25H31F3O3S2/c1-7-32-24(33-8-2,18-9-11-20(12-10-18)25(26,27)28)19-13-15-21(16-14-19)31-23(5,6)22(29)30-17(3)4/h9-17H,7-8H2,1-6H3. The minimum absolute atomic E-state index is 0.246. The van der Waals surface area contributed by atoms with Crippen LogP contribution < -0.4 is 4.74 Å². The van der Waals surface area contributed by atoms with Gasteiger partial charge in [0.05, 0.1) is 11.7 Å². The van der Waals surface area contributed by atoms with E-state index in [9.17, 15) is 18.0 Å². The van der Waals surface area contributed by atoms with Crippen LogP contribution in [0.25, 0.3) is 0 Å². The number of ether oxygens (including phenoxy) is 2. The van der Waals surface area contributed by atoms with Gasteiger partial charge in [0, 0.05) is 0 Å². The number of benzene rings is 2. The van der Waals surface area contributed by atoms with Gasteiger partial charge in [-0.1, -0.05) is 38.1 Å². The number of thioether (sulfide) groups is 2. The van der Waals surface area contributed by atoms with Crippen LogP contribution in [0.2, 0.25) is 0 Å². The Balaban J connectivity index is 2.40. The molecule has 0 aliphatic rings. The van der Waals surface area contributed by atoms with E-state index in [1.165, 1.54) is 0 Å². The maximum absolute atomic E-state index is 13.1. The van der Waals surface area contributed by atoms with E-state index in [0.29, 0.717) is 5.75 Å². The molecule has 0 fully saturated rings. The maximum Gasteiger partial charge on any atom is 0.416 e. The van der Waals surface area contributed by atoms with Crippen LogP contribution in [0.4, 0.5) is 13.2 Å². The number of hydrogen-bond acceptors (Lipinski definition) is 5. The first kappa shape index (κ1) is 27.4. The lowest BCUT2D eigenvalue weighted by Gasteiger charge is -2.34. The highest BCUT2D eigenvalue weighted by molar-refractivity contribution is 8.17. The Labute approximate surface area is 202 Å². The Morgan fingerprint density at radius 1 is 0.848 bits per heavy atom. The third kappa shape index (κ3) is 6.85. The molecule has 8 heteroatoms. The van der Waals surface area contributed by atoms with Crippen molar-refractivity contribution in [3.63, 3.8) is 0 Å². The van der Waals surface area contributed by atoms with Crippen molar-refractivity contribution in [2.24, 2.45) is 0 Å². The zero-order chi connectivity index (χ0) is 24.9. The van der Waals surface area contributed by atoms with Crippen LogP contribution in [0.3, 0.4) is 0 Å². The molecule has 0 saturated heterocycles. The number of carbonyl (C=O) groups excluding carboxylic acids is 1. The minimum Gasteiger partial charge on any atom is -0.476 e. The van der Waals surface area contributed by atoms with Gasteiger partial charge in [0.2, 0.25) is 0 Å². The van der Waals surface area contributed by atoms with E-state index in [0.717, 1.165) is 34.8 Å². The van der Waals surface area contributed by atoms with Crippen molar-refractivity contribution in [1.82, 2.24) is 0 Å². The van der Waals surface area contributed by atoms with Gasteiger partial charge >= 0.3 is 12.1 Å². The third-order valence-corrected chi connectivity index (χ3v) is 7.77. The number of esters is 1. The fourth-order valence-electron chi connectivity index (χ4n) is 3.26. The zero-order valence-corrected chi connectivity index (χ0v) is 21.4. The highest BCUT2D eigenvalue weighted by atomic mass is 32.2. The summed E-state index contributed by atoms with van der Waals surface area (Å²) < 4.78 is 49.8. The summed E-state index contributed by atoms with van der Waals surface area (Å²) in [4.78, 5) is 12.3. The van der Waals surface area contributed by atoms with Crippen molar-refractivity contribution in [3.8, 4) is 5.75 Å². The van der Waals surface area contributed by atoms with Crippen molar-refractivity contribution in [1.29, 1.82) is 0 Å². The predicted molar refractivity (Wildman–Crippen MR) is 131 cm³/mol. The predicted octanol–water partition coefficient (Wildman–Crippen LogP) is 7.52. The van der Waals surface area contributed by atoms with Gasteiger partial charge in [0.15, 0.2) is 5.60 Å². The smallest absolute Gasteiger partial charge is 0.416 e. The molecule has 2 aromatic carbocycles. The lowest BCUT2D eigenvalue weighted by atomic mass is 10.0. The highest BCUT2D eigenvalue weighted by Crippen LogP contribution is 2.52. The molecular formula is C25H31F3O3S2. The molecule has 0 heterocycles. The number of alkyl halides is 3. The van der Waals surface area contributed by atoms with Crippen LogP contribution in [0, 0.1) is 0 Å². The molecule has 0 N–H and O–H groups in total. The van der Waals surface area contributed by atoms with E-state index in [2.05, 4.69) is 0 Å². The quantitative estimate of drug-likeness (QED) is 0.249. The molecule has 2 rings (SSSR count). The van der Waals surface area contributed by atoms with Gasteiger partial charge in [-0.2, -0.15) is 13.2 Å². The number of rotatable bonds is 10. The highest BCUT2D eigenvalue weighted by Gasteiger charge is 2.37. The van der Waals surface area contributed by atoms with Gasteiger partial charge in [-0.15, -0.1) is 23.5 Å². The molecule has 0 amide bonds. The molecule has 3 nitrogen and oxygen atoms in total. The Kier molecular flexibility index (Phi) is 9.22. The van der Waals surface area contributed by atoms with Crippen LogP contribution in [0.1, 0.15) is 58.2 Å². The van der Waals surface area contributed by atoms with Gasteiger partial charge < -0.3 is 9.47 Å². The molecule has 0 aliphatic carbocycles. The molecule has 2 aromatic rings. The van der Waals surface area contributed by atoms with Crippen molar-refractivity contribution in [2.75, 3.05) is 11.5 Å². The van der Waals surface area contributed by atoms with E-state index in [4.69, 9.17) is 9.47 Å². The monoisotopic (exact) mass is 500 g/mol. The molecular weight excluding hydrogens is 469 g/mol. The minimum atomic E-state index is -4.38. The molecule has 0 bridgehead atoms. The first-order chi connectivity index (χ1) is 15.4. The molecule has 0 spiro atoms. The third-order valence-electron chi connectivity index (χ3n) is 4.73. The summed E-state index contributed by atoms with van der Waals surface area (Å²) in [6.07, 6.45) is -4.62. The molecule has 0 unspecified atom stereocenters. The SMILES string of the molecule is CCSC(SCC)(c1ccc(OC(C)(C)C(=O)OC(C)C)cc1)c1ccc(C(F)(F)F)cc1. The second kappa shape index (κ2) is 11.1. The van der Waals surface area contributed by atoms with Gasteiger partial charge in [-0.25, -0.2) is 4.79 Å². The number of halogens is 3. The topological polar surface area (TPSA) is 35.5 Å². The summed E-state index contributed by atoms with van der Waals surface area (Å²) in [5, 5.41) is 0. The summed E-state index contributed by atoms with van der Waals surface area (Å²) in [6.45, 7) is 10.9. The number of hydrogen-bond donors (Lipinski definition) is 0. The van der Waals surface area contributed by atoms with Gasteiger partial charge in [0.25, 0.3) is 0 Å². The van der Waals surface area contributed by atoms with Crippen molar-refractivity contribution in [2.45, 2.75) is 63.5 Å². The van der Waals surface area contributed by atoms with E-state index in [-0.39, 0.29) is 6.10 Å². The number of carbonyl (C=O) groups is 1. The summed E-state index contributed by atoms with van der Waals surface area (Å²) in [5.41, 5.74) is -0.0888. The van der Waals surface area contributed by atoms with Crippen LogP contribution in [-0.4, -0.2) is 29.2 Å². The average molecular weight is 501 g/mol. The Hall–Kier alpha value is -1.80. The summed E-state index contributed by atoms with van der Waals surface area (Å²) >= 11 is 3.33. The van der Waals surface area contributed by atoms with Crippen LogP contribution in [-0.2, 0) is 19.8 Å². The summed E-state index contributed by atoms with van der Waals surface area (Å²) in [6, 6.07) is 12.8. The average Bonchev–Trinajstić information content (AvgIpc) is 2.73. The van der Waals surface area contributed by atoms with Gasteiger partial charge in [0.1, 0.15) is 9.83 Å². The molecule has 0 aromatic heterocycles. The molecule has 0 aliphatic heterocycles. The zero-order valence-electron chi connectivity index (χ0n) is 19.8. The van der Waals surface area contributed by atoms with E-state index < -0.39 is 27.4 Å². The Bertz CT molecular complexity index is 902. The second-order valence-electron chi connectivity index (χ2n) is 8.15. The van der Waals surface area contributed by atoms with Crippen LogP contribution >= 0.6 is 23.5 Å². The largest absolute Gasteiger partial charge is 0.476 e. The molecule has 0 saturated carbocycles. The fourth-order valence-corrected chi connectivity index (χ4v) is 6.33. The lowest BCUT2D eigenvalue weighted by molar-refractivity contribution is -0.163. The second-order valence-corrected chi connectivity index (χ2v) is 11.4. The summed E-state index contributed by atoms with van der Waals surface area (Å²) in [5.74, 6) is 1.61.